The van der Waals surface area contributed by atoms with Gasteiger partial charge >= 0.3 is 0 Å². The van der Waals surface area contributed by atoms with Gasteiger partial charge in [0.05, 0.1) is 7.11 Å². The molecule has 8 aromatic rings. The molecule has 0 aliphatic carbocycles. The van der Waals surface area contributed by atoms with Gasteiger partial charge in [0.25, 0.3) is 0 Å². The Labute approximate surface area is 372 Å². The van der Waals surface area contributed by atoms with Crippen LogP contribution in [0.4, 0.5) is 0 Å². The van der Waals surface area contributed by atoms with Crippen molar-refractivity contribution in [3.05, 3.63) is 200 Å². The number of phenols is 1. The summed E-state index contributed by atoms with van der Waals surface area (Å²) < 4.78 is 10.2. The van der Waals surface area contributed by atoms with E-state index in [0.717, 1.165) is 58.2 Å². The van der Waals surface area contributed by atoms with E-state index in [2.05, 4.69) is 136 Å². The molecule has 0 saturated carbocycles. The van der Waals surface area contributed by atoms with Crippen molar-refractivity contribution in [1.29, 1.82) is 0 Å². The van der Waals surface area contributed by atoms with Gasteiger partial charge in [0.2, 0.25) is 0 Å². The molecule has 0 fully saturated rings. The van der Waals surface area contributed by atoms with E-state index in [-0.39, 0.29) is 11.8 Å². The fourth-order valence-electron chi connectivity index (χ4n) is 8.55. The van der Waals surface area contributed by atoms with E-state index >= 15 is 0 Å². The van der Waals surface area contributed by atoms with Crippen molar-refractivity contribution in [2.24, 2.45) is 11.8 Å². The standard InChI is InChI=1S/C28H30ClNO.C27H28ClNO/c1-19(2)14-21-8-10-23(11-9-21)20(3)28-17-24-16-26(31-4)12-13-27(24)30(28)18-22-6-5-7-25(29)15-22;1-18(2)13-20-7-9-22(10-8-20)19(3)27-16-23-15-25(30)11-12-26(23)29(27)17-21-5-4-6-24(28)14-21/h5-13,15-17,19-20H,14,18H2,1-4H3;4-12,14-16,18-19,30H,13,17H2,1-3H3. The highest BCUT2D eigenvalue weighted by molar-refractivity contribution is 6.30. The number of hydrogen-bond donors (Lipinski definition) is 1. The number of ether oxygens (including phenoxy) is 1. The van der Waals surface area contributed by atoms with Gasteiger partial charge in [-0.15, -0.1) is 0 Å². The number of methoxy groups -OCH3 is 1. The number of fused-ring (bicyclic) bond motifs is 2. The van der Waals surface area contributed by atoms with Crippen LogP contribution >= 0.6 is 23.2 Å². The van der Waals surface area contributed by atoms with Crippen molar-refractivity contribution in [1.82, 2.24) is 9.13 Å². The Bertz CT molecular complexity index is 2710. The molecule has 2 unspecified atom stereocenters. The van der Waals surface area contributed by atoms with Gasteiger partial charge < -0.3 is 19.0 Å². The average Bonchev–Trinajstić information content (AvgIpc) is 3.77. The number of aromatic nitrogens is 2. The molecular weight excluding hydrogens is 792 g/mol. The predicted molar refractivity (Wildman–Crippen MR) is 258 cm³/mol. The lowest BCUT2D eigenvalue weighted by atomic mass is 9.94. The SMILES string of the molecule is CC(C)Cc1ccc(C(C)c2cc3cc(O)ccc3n2Cc2cccc(Cl)c2)cc1.COc1ccc2c(c1)cc(C(C)c1ccc(CC(C)C)cc1)n2Cc1cccc(Cl)c1. The van der Waals surface area contributed by atoms with E-state index < -0.39 is 0 Å². The highest BCUT2D eigenvalue weighted by Gasteiger charge is 2.19. The first-order chi connectivity index (χ1) is 29.3. The van der Waals surface area contributed by atoms with Crippen LogP contribution in [0.3, 0.4) is 0 Å². The molecule has 0 bridgehead atoms. The maximum atomic E-state index is 9.99. The number of phenolic OH excluding ortho intramolecular Hbond substituents is 1. The Morgan fingerprint density at radius 2 is 0.934 bits per heavy atom. The first-order valence-corrected chi connectivity index (χ1v) is 22.3. The number of benzene rings is 6. The van der Waals surface area contributed by atoms with Crippen molar-refractivity contribution in [3.8, 4) is 11.5 Å². The summed E-state index contributed by atoms with van der Waals surface area (Å²) in [4.78, 5) is 0. The van der Waals surface area contributed by atoms with Crippen LogP contribution in [0.1, 0.15) is 98.1 Å². The number of rotatable bonds is 13. The van der Waals surface area contributed by atoms with Gasteiger partial charge in [-0.1, -0.05) is 138 Å². The molecule has 6 aromatic carbocycles. The fourth-order valence-corrected chi connectivity index (χ4v) is 8.98. The van der Waals surface area contributed by atoms with E-state index in [1.165, 1.54) is 50.1 Å². The van der Waals surface area contributed by atoms with E-state index in [1.807, 2.05) is 54.6 Å². The van der Waals surface area contributed by atoms with Gasteiger partial charge in [-0.2, -0.15) is 0 Å². The molecule has 4 nitrogen and oxygen atoms in total. The molecule has 61 heavy (non-hydrogen) atoms. The second-order valence-corrected chi connectivity index (χ2v) is 18.2. The van der Waals surface area contributed by atoms with Crippen LogP contribution in [0.15, 0.2) is 146 Å². The van der Waals surface area contributed by atoms with Gasteiger partial charge in [-0.05, 0) is 131 Å². The Kier molecular flexibility index (Phi) is 14.0. The third-order valence-electron chi connectivity index (χ3n) is 11.7. The fraction of sp³-hybridized carbons (Fsp3) is 0.273. The molecule has 0 aliphatic heterocycles. The Morgan fingerprint density at radius 3 is 1.36 bits per heavy atom. The first kappa shape index (κ1) is 43.7. The van der Waals surface area contributed by atoms with Crippen LogP contribution in [-0.2, 0) is 25.9 Å². The Balaban J connectivity index is 0.000000184. The van der Waals surface area contributed by atoms with Crippen LogP contribution in [0, 0.1) is 11.8 Å². The topological polar surface area (TPSA) is 39.3 Å². The van der Waals surface area contributed by atoms with Crippen molar-refractivity contribution in [2.45, 2.75) is 79.3 Å². The molecule has 0 saturated heterocycles. The second-order valence-electron chi connectivity index (χ2n) is 17.4. The van der Waals surface area contributed by atoms with Crippen LogP contribution in [0.25, 0.3) is 21.8 Å². The summed E-state index contributed by atoms with van der Waals surface area (Å²) in [6, 6.07) is 50.7. The van der Waals surface area contributed by atoms with E-state index in [9.17, 15) is 5.11 Å². The van der Waals surface area contributed by atoms with Crippen molar-refractivity contribution in [2.75, 3.05) is 7.11 Å². The zero-order chi connectivity index (χ0) is 43.2. The number of aromatic hydroxyl groups is 1. The first-order valence-electron chi connectivity index (χ1n) is 21.5. The normalized spacial score (nSPS) is 12.5. The van der Waals surface area contributed by atoms with Crippen molar-refractivity contribution in [3.63, 3.8) is 0 Å². The van der Waals surface area contributed by atoms with Gasteiger partial charge in [-0.25, -0.2) is 0 Å². The van der Waals surface area contributed by atoms with E-state index in [1.54, 1.807) is 13.2 Å². The van der Waals surface area contributed by atoms with Gasteiger partial charge in [0.1, 0.15) is 11.5 Å². The maximum Gasteiger partial charge on any atom is 0.119 e. The second kappa shape index (κ2) is 19.5. The largest absolute Gasteiger partial charge is 0.508 e. The highest BCUT2D eigenvalue weighted by atomic mass is 35.5. The molecule has 0 spiro atoms. The van der Waals surface area contributed by atoms with Crippen LogP contribution in [-0.4, -0.2) is 21.4 Å². The van der Waals surface area contributed by atoms with Crippen LogP contribution in [0.2, 0.25) is 10.0 Å². The molecule has 2 atom stereocenters. The summed E-state index contributed by atoms with van der Waals surface area (Å²) >= 11 is 12.5. The lowest BCUT2D eigenvalue weighted by Crippen LogP contribution is -2.08. The summed E-state index contributed by atoms with van der Waals surface area (Å²) in [7, 11) is 1.71. The van der Waals surface area contributed by atoms with E-state index in [4.69, 9.17) is 27.9 Å². The highest BCUT2D eigenvalue weighted by Crippen LogP contribution is 2.35. The average molecular weight is 850 g/mol. The third-order valence-corrected chi connectivity index (χ3v) is 12.1. The molecule has 0 aliphatic rings. The molecule has 6 heteroatoms. The smallest absolute Gasteiger partial charge is 0.119 e. The van der Waals surface area contributed by atoms with Crippen LogP contribution < -0.4 is 4.74 Å². The van der Waals surface area contributed by atoms with Crippen LogP contribution in [0.5, 0.6) is 11.5 Å². The van der Waals surface area contributed by atoms with Crippen molar-refractivity contribution < 1.29 is 9.84 Å². The quantitative estimate of drug-likeness (QED) is 0.126. The maximum absolute atomic E-state index is 9.99. The molecule has 2 heterocycles. The van der Waals surface area contributed by atoms with Gasteiger partial charge in [-0.3, -0.25) is 0 Å². The van der Waals surface area contributed by atoms with Gasteiger partial charge in [0.15, 0.2) is 0 Å². The molecule has 0 radical (unpaired) electrons. The minimum atomic E-state index is 0.229. The Hall–Kier alpha value is -5.42. The minimum Gasteiger partial charge on any atom is -0.508 e. The molecule has 2 aromatic heterocycles. The summed E-state index contributed by atoms with van der Waals surface area (Å²) in [5.41, 5.74) is 12.6. The zero-order valence-corrected chi connectivity index (χ0v) is 38.0. The summed E-state index contributed by atoms with van der Waals surface area (Å²) in [5.74, 6) is 2.99. The van der Waals surface area contributed by atoms with Gasteiger partial charge in [0, 0.05) is 68.2 Å². The summed E-state index contributed by atoms with van der Waals surface area (Å²) in [6.07, 6.45) is 2.21. The molecule has 314 valence electrons. The van der Waals surface area contributed by atoms with Crippen molar-refractivity contribution >= 4 is 45.0 Å². The summed E-state index contributed by atoms with van der Waals surface area (Å²) in [5, 5.41) is 13.7. The molecule has 8 rings (SSSR count). The number of halogens is 2. The third kappa shape index (κ3) is 10.7. The Morgan fingerprint density at radius 1 is 0.492 bits per heavy atom. The summed E-state index contributed by atoms with van der Waals surface area (Å²) in [6.45, 7) is 15.1. The lowest BCUT2D eigenvalue weighted by Gasteiger charge is -2.18. The lowest BCUT2D eigenvalue weighted by molar-refractivity contribution is 0.415. The monoisotopic (exact) mass is 848 g/mol. The molecular formula is C55H58Cl2N2O2. The molecule has 0 amide bonds. The molecule has 1 N–H and O–H groups in total. The predicted octanol–water partition coefficient (Wildman–Crippen LogP) is 15.1. The number of nitrogens with zero attached hydrogens (tertiary/aromatic N) is 2. The van der Waals surface area contributed by atoms with E-state index in [0.29, 0.717) is 17.6 Å². The minimum absolute atomic E-state index is 0.229. The zero-order valence-electron chi connectivity index (χ0n) is 36.5. The number of hydrogen-bond acceptors (Lipinski definition) is 2.